The summed E-state index contributed by atoms with van der Waals surface area (Å²) >= 11 is 0. The Kier molecular flexibility index (Phi) is 6.90. The first-order chi connectivity index (χ1) is 16.8. The van der Waals surface area contributed by atoms with E-state index in [-0.39, 0.29) is 24.6 Å². The van der Waals surface area contributed by atoms with Gasteiger partial charge in [0, 0.05) is 52.9 Å². The van der Waals surface area contributed by atoms with Crippen LogP contribution in [0.2, 0.25) is 0 Å². The smallest absolute Gasteiger partial charge is 0.303 e. The third-order valence-corrected chi connectivity index (χ3v) is 6.45. The Morgan fingerprint density at radius 2 is 2.06 bits per heavy atom. The van der Waals surface area contributed by atoms with Crippen molar-refractivity contribution in [3.8, 4) is 11.8 Å². The molecule has 35 heavy (non-hydrogen) atoms. The molecule has 1 atom stereocenters. The zero-order valence-electron chi connectivity index (χ0n) is 20.1. The van der Waals surface area contributed by atoms with Gasteiger partial charge in [-0.2, -0.15) is 10.4 Å². The van der Waals surface area contributed by atoms with Gasteiger partial charge in [-0.15, -0.1) is 0 Å². The molecule has 2 N–H and O–H groups in total. The summed E-state index contributed by atoms with van der Waals surface area (Å²) in [6.07, 6.45) is 2.37. The molecule has 0 bridgehead atoms. The maximum absolute atomic E-state index is 13.9. The number of aliphatic carboxylic acids is 1. The van der Waals surface area contributed by atoms with Crippen LogP contribution in [0.15, 0.2) is 42.6 Å². The number of halogens is 1. The van der Waals surface area contributed by atoms with Crippen molar-refractivity contribution in [2.75, 3.05) is 13.2 Å². The Bertz CT molecular complexity index is 1400. The predicted molar refractivity (Wildman–Crippen MR) is 132 cm³/mol. The number of hydrogen-bond donors (Lipinski definition) is 2. The second-order valence-corrected chi connectivity index (χ2v) is 9.41. The highest BCUT2D eigenvalue weighted by atomic mass is 19.1. The molecule has 0 spiro atoms. The maximum Gasteiger partial charge on any atom is 0.303 e. The highest BCUT2D eigenvalue weighted by Gasteiger charge is 2.34. The summed E-state index contributed by atoms with van der Waals surface area (Å²) < 4.78 is 21.8. The minimum absolute atomic E-state index is 0.00855. The molecule has 0 aliphatic heterocycles. The van der Waals surface area contributed by atoms with Crippen molar-refractivity contribution in [2.45, 2.75) is 51.4 Å². The predicted octanol–water partition coefficient (Wildman–Crippen LogP) is 5.82. The monoisotopic (exact) mass is 476 g/mol. The minimum atomic E-state index is -0.873. The number of ether oxygens (including phenoxy) is 1. The molecule has 182 valence electrons. The molecule has 0 radical (unpaired) electrons. The average molecular weight is 477 g/mol. The van der Waals surface area contributed by atoms with Gasteiger partial charge in [0.05, 0.1) is 29.9 Å². The summed E-state index contributed by atoms with van der Waals surface area (Å²) in [6.45, 7) is 6.78. The van der Waals surface area contributed by atoms with Gasteiger partial charge < -0.3 is 14.4 Å². The van der Waals surface area contributed by atoms with Crippen LogP contribution < -0.4 is 0 Å². The number of aromatic nitrogens is 3. The zero-order chi connectivity index (χ0) is 25.2. The van der Waals surface area contributed by atoms with Crippen LogP contribution in [-0.2, 0) is 14.9 Å². The van der Waals surface area contributed by atoms with Gasteiger partial charge in [-0.25, -0.2) is 4.39 Å². The number of nitrogens with zero attached hydrogens (tertiary/aromatic N) is 3. The van der Waals surface area contributed by atoms with Crippen molar-refractivity contribution in [1.29, 1.82) is 5.26 Å². The fourth-order valence-corrected chi connectivity index (χ4v) is 4.84. The third kappa shape index (κ3) is 4.77. The first-order valence-electron chi connectivity index (χ1n) is 11.7. The number of carboxylic acid groups (broad SMARTS) is 1. The van der Waals surface area contributed by atoms with E-state index in [1.165, 1.54) is 12.1 Å². The van der Waals surface area contributed by atoms with E-state index in [2.05, 4.69) is 20.8 Å². The number of carboxylic acids is 1. The molecule has 0 amide bonds. The minimum Gasteiger partial charge on any atom is -0.481 e. The lowest BCUT2D eigenvalue weighted by molar-refractivity contribution is -0.137. The van der Waals surface area contributed by atoms with E-state index in [0.29, 0.717) is 19.6 Å². The van der Waals surface area contributed by atoms with Gasteiger partial charge in [0.25, 0.3) is 0 Å². The maximum atomic E-state index is 13.9. The highest BCUT2D eigenvalue weighted by Crippen LogP contribution is 2.44. The molecule has 0 aliphatic rings. The van der Waals surface area contributed by atoms with Crippen LogP contribution in [0, 0.1) is 17.1 Å². The molecule has 0 saturated heterocycles. The SMILES string of the molecule is CCOCC(CCC(=O)O)c1c(C(C)(C)CC#N)n(-c2ccc(F)cc2)c2cc3cn[nH]c3cc12. The summed E-state index contributed by atoms with van der Waals surface area (Å²) in [7, 11) is 0. The van der Waals surface area contributed by atoms with Gasteiger partial charge in [-0.1, -0.05) is 13.8 Å². The number of rotatable bonds is 10. The third-order valence-electron chi connectivity index (χ3n) is 6.45. The van der Waals surface area contributed by atoms with Crippen LogP contribution in [0.4, 0.5) is 4.39 Å². The molecule has 4 aromatic rings. The quantitative estimate of drug-likeness (QED) is 0.300. The van der Waals surface area contributed by atoms with Gasteiger partial charge >= 0.3 is 5.97 Å². The molecule has 4 rings (SSSR count). The molecule has 7 nitrogen and oxygen atoms in total. The van der Waals surface area contributed by atoms with E-state index >= 15 is 0 Å². The topological polar surface area (TPSA) is 104 Å². The largest absolute Gasteiger partial charge is 0.481 e. The number of benzene rings is 2. The lowest BCUT2D eigenvalue weighted by atomic mass is 9.79. The van der Waals surface area contributed by atoms with Crippen LogP contribution in [0.25, 0.3) is 27.5 Å². The Labute approximate surface area is 203 Å². The molecule has 0 aliphatic carbocycles. The summed E-state index contributed by atoms with van der Waals surface area (Å²) in [5.41, 5.74) is 3.77. The number of nitriles is 1. The molecular formula is C27H29FN4O3. The Morgan fingerprint density at radius 1 is 1.31 bits per heavy atom. The van der Waals surface area contributed by atoms with Crippen molar-refractivity contribution in [3.63, 3.8) is 0 Å². The summed E-state index contributed by atoms with van der Waals surface area (Å²) in [5.74, 6) is -1.43. The molecular weight excluding hydrogens is 447 g/mol. The molecule has 0 saturated carbocycles. The number of fused-ring (bicyclic) bond motifs is 2. The standard InChI is InChI=1S/C27H29FN4O3/c1-4-35-16-17(5-10-24(33)34)25-21-14-22-18(15-30-31-22)13-23(21)32(20-8-6-19(28)7-9-20)26(25)27(2,3)11-12-29/h6-9,13-15,17H,4-5,10-11,16H2,1-3H3,(H,30,31)(H,33,34). The van der Waals surface area contributed by atoms with Crippen molar-refractivity contribution < 1.29 is 19.0 Å². The van der Waals surface area contributed by atoms with E-state index in [0.717, 1.165) is 38.8 Å². The average Bonchev–Trinajstić information content (AvgIpc) is 3.40. The Balaban J connectivity index is 2.11. The highest BCUT2D eigenvalue weighted by molar-refractivity contribution is 5.99. The first-order valence-corrected chi connectivity index (χ1v) is 11.7. The second kappa shape index (κ2) is 9.88. The van der Waals surface area contributed by atoms with E-state index < -0.39 is 11.4 Å². The lowest BCUT2D eigenvalue weighted by Gasteiger charge is -2.29. The molecule has 2 aromatic carbocycles. The number of H-pyrrole nitrogens is 1. The molecule has 8 heteroatoms. The van der Waals surface area contributed by atoms with Crippen molar-refractivity contribution in [3.05, 3.63) is 59.7 Å². The second-order valence-electron chi connectivity index (χ2n) is 9.41. The fraction of sp³-hybridized carbons (Fsp3) is 0.370. The van der Waals surface area contributed by atoms with Gasteiger partial charge in [0.15, 0.2) is 0 Å². The molecule has 2 heterocycles. The molecule has 1 unspecified atom stereocenters. The Hall–Kier alpha value is -3.70. The van der Waals surface area contributed by atoms with Gasteiger partial charge in [-0.3, -0.25) is 9.89 Å². The van der Waals surface area contributed by atoms with Crippen LogP contribution in [0.3, 0.4) is 0 Å². The van der Waals surface area contributed by atoms with Gasteiger partial charge in [0.2, 0.25) is 0 Å². The van der Waals surface area contributed by atoms with Crippen molar-refractivity contribution >= 4 is 27.8 Å². The fourth-order valence-electron chi connectivity index (χ4n) is 4.84. The van der Waals surface area contributed by atoms with Gasteiger partial charge in [0.1, 0.15) is 5.82 Å². The van der Waals surface area contributed by atoms with Crippen molar-refractivity contribution in [2.24, 2.45) is 0 Å². The van der Waals surface area contributed by atoms with E-state index in [1.807, 2.05) is 32.9 Å². The van der Waals surface area contributed by atoms with E-state index in [4.69, 9.17) is 4.74 Å². The summed E-state index contributed by atoms with van der Waals surface area (Å²) in [6, 6.07) is 12.6. The van der Waals surface area contributed by atoms with Crippen LogP contribution in [0.5, 0.6) is 0 Å². The van der Waals surface area contributed by atoms with E-state index in [9.17, 15) is 19.6 Å². The number of aromatic amines is 1. The van der Waals surface area contributed by atoms with E-state index in [1.54, 1.807) is 18.3 Å². The van der Waals surface area contributed by atoms with Crippen LogP contribution in [0.1, 0.15) is 57.2 Å². The lowest BCUT2D eigenvalue weighted by Crippen LogP contribution is -2.24. The van der Waals surface area contributed by atoms with Gasteiger partial charge in [-0.05, 0) is 55.3 Å². The molecule has 2 aromatic heterocycles. The Morgan fingerprint density at radius 3 is 2.71 bits per heavy atom. The normalized spacial score (nSPS) is 12.8. The number of nitrogens with one attached hydrogen (secondary N) is 1. The number of hydrogen-bond acceptors (Lipinski definition) is 4. The summed E-state index contributed by atoms with van der Waals surface area (Å²) in [4.78, 5) is 11.5. The van der Waals surface area contributed by atoms with Crippen LogP contribution >= 0.6 is 0 Å². The van der Waals surface area contributed by atoms with Crippen molar-refractivity contribution in [1.82, 2.24) is 14.8 Å². The number of carbonyl (C=O) groups is 1. The first kappa shape index (κ1) is 24.4. The zero-order valence-corrected chi connectivity index (χ0v) is 20.1. The molecule has 0 fully saturated rings. The van der Waals surface area contributed by atoms with Crippen LogP contribution in [-0.4, -0.2) is 39.1 Å². The summed E-state index contributed by atoms with van der Waals surface area (Å²) in [5, 5.41) is 28.2.